The van der Waals surface area contributed by atoms with E-state index in [0.717, 1.165) is 36.0 Å². The molecule has 1 unspecified atom stereocenters. The monoisotopic (exact) mass is 373 g/mol. The number of hydrogen-bond acceptors (Lipinski definition) is 4. The van der Waals surface area contributed by atoms with Crippen LogP contribution < -0.4 is 15.8 Å². The van der Waals surface area contributed by atoms with E-state index in [4.69, 9.17) is 5.73 Å². The Morgan fingerprint density at radius 1 is 1.19 bits per heavy atom. The molecule has 1 aliphatic rings. The maximum absolute atomic E-state index is 12.9. The molecule has 0 aromatic heterocycles. The van der Waals surface area contributed by atoms with Crippen molar-refractivity contribution in [1.29, 1.82) is 0 Å². The number of fused-ring (bicyclic) bond motifs is 1. The molecule has 0 radical (unpaired) electrons. The van der Waals surface area contributed by atoms with Crippen LogP contribution in [0.25, 0.3) is 0 Å². The van der Waals surface area contributed by atoms with Gasteiger partial charge < -0.3 is 11.1 Å². The molecule has 0 spiro atoms. The molecule has 2 aromatic carbocycles. The Hall–Kier alpha value is -2.38. The maximum atomic E-state index is 12.9. The van der Waals surface area contributed by atoms with E-state index in [1.165, 1.54) is 13.0 Å². The lowest BCUT2D eigenvalue weighted by Gasteiger charge is -2.26. The van der Waals surface area contributed by atoms with E-state index in [0.29, 0.717) is 11.4 Å². The number of nitrogen functional groups attached to an aromatic ring is 1. The number of amides is 1. The van der Waals surface area contributed by atoms with Gasteiger partial charge in [0.25, 0.3) is 0 Å². The predicted octanol–water partition coefficient (Wildman–Crippen LogP) is 2.89. The van der Waals surface area contributed by atoms with E-state index < -0.39 is 10.0 Å². The van der Waals surface area contributed by atoms with Crippen molar-refractivity contribution in [3.63, 3.8) is 0 Å². The van der Waals surface area contributed by atoms with Crippen molar-refractivity contribution in [1.82, 2.24) is 4.72 Å². The van der Waals surface area contributed by atoms with Gasteiger partial charge in [0, 0.05) is 24.3 Å². The van der Waals surface area contributed by atoms with Gasteiger partial charge in [-0.2, -0.15) is 0 Å². The second-order valence-corrected chi connectivity index (χ2v) is 8.40. The molecule has 6 nitrogen and oxygen atoms in total. The van der Waals surface area contributed by atoms with E-state index in [1.54, 1.807) is 18.2 Å². The molecule has 0 bridgehead atoms. The summed E-state index contributed by atoms with van der Waals surface area (Å²) in [6.07, 6.45) is 2.53. The van der Waals surface area contributed by atoms with Crippen molar-refractivity contribution in [3.8, 4) is 0 Å². The first-order chi connectivity index (χ1) is 12.3. The number of sulfonamides is 1. The van der Waals surface area contributed by atoms with Gasteiger partial charge in [0.05, 0.1) is 4.90 Å². The molecular formula is C19H23N3O3S. The Kier molecular flexibility index (Phi) is 5.02. The highest BCUT2D eigenvalue weighted by Crippen LogP contribution is 2.32. The van der Waals surface area contributed by atoms with Gasteiger partial charge in [-0.05, 0) is 67.1 Å². The third-order valence-electron chi connectivity index (χ3n) is 4.61. The van der Waals surface area contributed by atoms with Crippen molar-refractivity contribution in [2.24, 2.45) is 0 Å². The number of anilines is 2. The molecule has 0 saturated heterocycles. The number of carbonyl (C=O) groups excluding carboxylic acids is 1. The Bertz CT molecular complexity index is 954. The fraction of sp³-hybridized carbons (Fsp3) is 0.316. The number of benzene rings is 2. The minimum Gasteiger partial charge on any atom is -0.399 e. The molecule has 4 N–H and O–H groups in total. The van der Waals surface area contributed by atoms with Crippen LogP contribution in [0.15, 0.2) is 41.3 Å². The average molecular weight is 373 g/mol. The summed E-state index contributed by atoms with van der Waals surface area (Å²) < 4.78 is 28.6. The summed E-state index contributed by atoms with van der Waals surface area (Å²) in [4.78, 5) is 11.5. The first-order valence-electron chi connectivity index (χ1n) is 8.55. The van der Waals surface area contributed by atoms with Crippen LogP contribution in [0.2, 0.25) is 0 Å². The summed E-state index contributed by atoms with van der Waals surface area (Å²) in [6, 6.07) is 10.1. The third-order valence-corrected chi connectivity index (χ3v) is 6.08. The largest absolute Gasteiger partial charge is 0.399 e. The topological polar surface area (TPSA) is 101 Å². The lowest BCUT2D eigenvalue weighted by Crippen LogP contribution is -2.31. The second-order valence-electron chi connectivity index (χ2n) is 6.68. The molecule has 2 aromatic rings. The normalized spacial score (nSPS) is 16.8. The molecule has 0 fully saturated rings. The fourth-order valence-corrected chi connectivity index (χ4v) is 4.58. The molecular weight excluding hydrogens is 350 g/mol. The van der Waals surface area contributed by atoms with Crippen LogP contribution in [0.4, 0.5) is 11.4 Å². The summed E-state index contributed by atoms with van der Waals surface area (Å²) in [5.74, 6) is -0.241. The summed E-state index contributed by atoms with van der Waals surface area (Å²) >= 11 is 0. The Labute approximate surface area is 153 Å². The Balaban J connectivity index is 1.90. The van der Waals surface area contributed by atoms with Crippen molar-refractivity contribution in [2.45, 2.75) is 44.0 Å². The SMILES string of the molecule is CC(=O)Nc1cc(S(=O)(=O)NC2CCCc3cc(N)ccc32)ccc1C. The predicted molar refractivity (Wildman–Crippen MR) is 102 cm³/mol. The number of carbonyl (C=O) groups is 1. The summed E-state index contributed by atoms with van der Waals surface area (Å²) in [5.41, 5.74) is 9.89. The fourth-order valence-electron chi connectivity index (χ4n) is 3.30. The van der Waals surface area contributed by atoms with E-state index in [2.05, 4.69) is 10.0 Å². The second kappa shape index (κ2) is 7.09. The van der Waals surface area contributed by atoms with Gasteiger partial charge in [-0.3, -0.25) is 4.79 Å². The van der Waals surface area contributed by atoms with Gasteiger partial charge in [0.1, 0.15) is 0 Å². The standard InChI is InChI=1S/C19H23N3O3S/c1-12-6-8-16(11-19(12)21-13(2)23)26(24,25)22-18-5-3-4-14-10-15(20)7-9-17(14)18/h6-11,18,22H,3-5,20H2,1-2H3,(H,21,23). The minimum absolute atomic E-state index is 0.134. The molecule has 26 heavy (non-hydrogen) atoms. The van der Waals surface area contributed by atoms with Crippen LogP contribution in [0.5, 0.6) is 0 Å². The smallest absolute Gasteiger partial charge is 0.241 e. The molecule has 1 aliphatic carbocycles. The minimum atomic E-state index is -3.72. The van der Waals surface area contributed by atoms with Crippen LogP contribution in [0, 0.1) is 6.92 Å². The van der Waals surface area contributed by atoms with Crippen LogP contribution in [-0.4, -0.2) is 14.3 Å². The first-order valence-corrected chi connectivity index (χ1v) is 10.0. The quantitative estimate of drug-likeness (QED) is 0.717. The van der Waals surface area contributed by atoms with Crippen molar-refractivity contribution in [3.05, 3.63) is 53.1 Å². The molecule has 3 rings (SSSR count). The summed E-state index contributed by atoms with van der Waals surface area (Å²) in [6.45, 7) is 3.21. The highest BCUT2D eigenvalue weighted by Gasteiger charge is 2.26. The molecule has 0 aliphatic heterocycles. The molecule has 0 heterocycles. The lowest BCUT2D eigenvalue weighted by molar-refractivity contribution is -0.114. The zero-order valence-corrected chi connectivity index (χ0v) is 15.7. The van der Waals surface area contributed by atoms with Crippen LogP contribution >= 0.6 is 0 Å². The van der Waals surface area contributed by atoms with Crippen molar-refractivity contribution < 1.29 is 13.2 Å². The van der Waals surface area contributed by atoms with Crippen LogP contribution in [0.1, 0.15) is 42.5 Å². The third kappa shape index (κ3) is 3.89. The van der Waals surface area contributed by atoms with Crippen LogP contribution in [0.3, 0.4) is 0 Å². The maximum Gasteiger partial charge on any atom is 0.241 e. The average Bonchev–Trinajstić information content (AvgIpc) is 2.56. The number of rotatable bonds is 4. The highest BCUT2D eigenvalue weighted by molar-refractivity contribution is 7.89. The zero-order chi connectivity index (χ0) is 18.9. The van der Waals surface area contributed by atoms with Gasteiger partial charge in [0.15, 0.2) is 0 Å². The number of nitrogens with two attached hydrogens (primary N) is 1. The molecule has 1 amide bonds. The van der Waals surface area contributed by atoms with E-state index in [9.17, 15) is 13.2 Å². The van der Waals surface area contributed by atoms with Crippen molar-refractivity contribution >= 4 is 27.3 Å². The summed E-state index contributed by atoms with van der Waals surface area (Å²) in [5, 5.41) is 2.67. The van der Waals surface area contributed by atoms with Gasteiger partial charge in [-0.15, -0.1) is 0 Å². The molecule has 1 atom stereocenters. The molecule has 0 saturated carbocycles. The number of aryl methyl sites for hydroxylation is 2. The van der Waals surface area contributed by atoms with Gasteiger partial charge in [0.2, 0.25) is 15.9 Å². The molecule has 7 heteroatoms. The Morgan fingerprint density at radius 3 is 2.69 bits per heavy atom. The van der Waals surface area contributed by atoms with E-state index in [1.807, 2.05) is 19.1 Å². The van der Waals surface area contributed by atoms with Gasteiger partial charge in [-0.1, -0.05) is 12.1 Å². The molecule has 138 valence electrons. The summed E-state index contributed by atoms with van der Waals surface area (Å²) in [7, 11) is -3.72. The van der Waals surface area contributed by atoms with Gasteiger partial charge in [-0.25, -0.2) is 13.1 Å². The lowest BCUT2D eigenvalue weighted by atomic mass is 9.88. The highest BCUT2D eigenvalue weighted by atomic mass is 32.2. The Morgan fingerprint density at radius 2 is 1.96 bits per heavy atom. The first kappa shape index (κ1) is 18.4. The van der Waals surface area contributed by atoms with Crippen LogP contribution in [-0.2, 0) is 21.2 Å². The zero-order valence-electron chi connectivity index (χ0n) is 14.9. The van der Waals surface area contributed by atoms with Crippen molar-refractivity contribution in [2.75, 3.05) is 11.1 Å². The van der Waals surface area contributed by atoms with E-state index >= 15 is 0 Å². The van der Waals surface area contributed by atoms with Gasteiger partial charge >= 0.3 is 0 Å². The number of hydrogen-bond donors (Lipinski definition) is 3. The van der Waals surface area contributed by atoms with E-state index in [-0.39, 0.29) is 16.8 Å². The number of nitrogens with one attached hydrogen (secondary N) is 2.